The Balaban J connectivity index is 2.74. The van der Waals surface area contributed by atoms with Crippen molar-refractivity contribution in [2.75, 3.05) is 13.2 Å². The molecule has 1 heterocycles. The van der Waals surface area contributed by atoms with Gasteiger partial charge in [-0.25, -0.2) is 4.79 Å². The molecule has 5 nitrogen and oxygen atoms in total. The van der Waals surface area contributed by atoms with Gasteiger partial charge in [0.05, 0.1) is 6.10 Å². The first kappa shape index (κ1) is 14.0. The summed E-state index contributed by atoms with van der Waals surface area (Å²) in [4.78, 5) is 24.8. The Morgan fingerprint density at radius 3 is 2.59 bits per heavy atom. The van der Waals surface area contributed by atoms with Gasteiger partial charge in [-0.2, -0.15) is 0 Å². The highest BCUT2D eigenvalue weighted by atomic mass is 16.5. The van der Waals surface area contributed by atoms with Crippen molar-refractivity contribution in [3.63, 3.8) is 0 Å². The fourth-order valence-corrected chi connectivity index (χ4v) is 2.30. The molecule has 0 aromatic rings. The minimum atomic E-state index is -1.02. The van der Waals surface area contributed by atoms with Crippen LogP contribution in [0.2, 0.25) is 0 Å². The summed E-state index contributed by atoms with van der Waals surface area (Å²) in [6.45, 7) is 5.99. The van der Waals surface area contributed by atoms with Crippen LogP contribution in [0.25, 0.3) is 0 Å². The Kier molecular flexibility index (Phi) is 4.51. The van der Waals surface area contributed by atoms with E-state index in [9.17, 15) is 14.7 Å². The number of carbonyl (C=O) groups is 2. The summed E-state index contributed by atoms with van der Waals surface area (Å²) in [7, 11) is 0. The quantitative estimate of drug-likeness (QED) is 0.789. The van der Waals surface area contributed by atoms with Crippen LogP contribution in [-0.4, -0.2) is 46.7 Å². The molecule has 17 heavy (non-hydrogen) atoms. The Labute approximate surface area is 102 Å². The van der Waals surface area contributed by atoms with Crippen LogP contribution in [0.5, 0.6) is 0 Å². The molecule has 1 fully saturated rings. The highest BCUT2D eigenvalue weighted by molar-refractivity contribution is 5.88. The molecule has 1 aliphatic heterocycles. The Hall–Kier alpha value is -1.10. The Morgan fingerprint density at radius 1 is 1.47 bits per heavy atom. The van der Waals surface area contributed by atoms with Crippen LogP contribution >= 0.6 is 0 Å². The van der Waals surface area contributed by atoms with Gasteiger partial charge in [-0.1, -0.05) is 6.92 Å². The smallest absolute Gasteiger partial charge is 0.329 e. The largest absolute Gasteiger partial charge is 0.479 e. The maximum atomic E-state index is 12.0. The molecule has 5 heteroatoms. The van der Waals surface area contributed by atoms with Crippen molar-refractivity contribution < 1.29 is 19.4 Å². The number of likely N-dealkylation sites (tertiary alicyclic amines) is 1. The Bertz CT molecular complexity index is 303. The fourth-order valence-electron chi connectivity index (χ4n) is 2.30. The van der Waals surface area contributed by atoms with Crippen molar-refractivity contribution in [3.8, 4) is 0 Å². The third kappa shape index (κ3) is 2.77. The van der Waals surface area contributed by atoms with E-state index < -0.39 is 11.5 Å². The number of carbonyl (C=O) groups excluding carboxylic acids is 1. The van der Waals surface area contributed by atoms with Crippen LogP contribution in [-0.2, 0) is 14.3 Å². The van der Waals surface area contributed by atoms with E-state index >= 15 is 0 Å². The molecule has 0 aromatic heterocycles. The highest BCUT2D eigenvalue weighted by Gasteiger charge is 2.48. The van der Waals surface area contributed by atoms with E-state index in [0.717, 1.165) is 6.42 Å². The van der Waals surface area contributed by atoms with Crippen LogP contribution in [0.15, 0.2) is 0 Å². The Morgan fingerprint density at radius 2 is 2.12 bits per heavy atom. The summed E-state index contributed by atoms with van der Waals surface area (Å²) in [5.74, 6) is -1.13. The first-order chi connectivity index (χ1) is 7.94. The molecule has 0 radical (unpaired) electrons. The molecule has 1 atom stereocenters. The van der Waals surface area contributed by atoms with Crippen molar-refractivity contribution >= 4 is 11.9 Å². The van der Waals surface area contributed by atoms with Crippen molar-refractivity contribution in [1.82, 2.24) is 4.90 Å². The maximum Gasteiger partial charge on any atom is 0.329 e. The van der Waals surface area contributed by atoms with Gasteiger partial charge in [0.2, 0.25) is 5.91 Å². The second kappa shape index (κ2) is 5.49. The third-order valence-electron chi connectivity index (χ3n) is 3.31. The van der Waals surface area contributed by atoms with Gasteiger partial charge in [0.1, 0.15) is 12.1 Å². The number of amides is 1. The summed E-state index contributed by atoms with van der Waals surface area (Å²) in [5, 5.41) is 9.33. The normalized spacial score (nSPS) is 24.4. The summed E-state index contributed by atoms with van der Waals surface area (Å²) >= 11 is 0. The second-order valence-electron chi connectivity index (χ2n) is 4.70. The standard InChI is InChI=1S/C12H21NO4/c1-4-12(11(15)16)6-5-7-13(12)10(14)8-17-9(2)3/h9H,4-8H2,1-3H3,(H,15,16). The van der Waals surface area contributed by atoms with E-state index in [0.29, 0.717) is 19.4 Å². The molecular weight excluding hydrogens is 222 g/mol. The zero-order valence-electron chi connectivity index (χ0n) is 10.7. The summed E-state index contributed by atoms with van der Waals surface area (Å²) in [6.07, 6.45) is 1.69. The molecule has 1 unspecified atom stereocenters. The molecular formula is C12H21NO4. The van der Waals surface area contributed by atoms with E-state index in [-0.39, 0.29) is 18.6 Å². The first-order valence-electron chi connectivity index (χ1n) is 6.09. The summed E-state index contributed by atoms with van der Waals surface area (Å²) < 4.78 is 5.25. The number of hydrogen-bond donors (Lipinski definition) is 1. The van der Waals surface area contributed by atoms with Crippen LogP contribution in [0.4, 0.5) is 0 Å². The van der Waals surface area contributed by atoms with Crippen LogP contribution in [0.1, 0.15) is 40.0 Å². The molecule has 98 valence electrons. The average molecular weight is 243 g/mol. The predicted octanol–water partition coefficient (Wildman–Crippen LogP) is 1.27. The van der Waals surface area contributed by atoms with E-state index in [1.807, 2.05) is 20.8 Å². The first-order valence-corrected chi connectivity index (χ1v) is 6.09. The van der Waals surface area contributed by atoms with Gasteiger partial charge in [0.25, 0.3) is 0 Å². The van der Waals surface area contributed by atoms with E-state index in [1.165, 1.54) is 4.90 Å². The number of hydrogen-bond acceptors (Lipinski definition) is 3. The zero-order valence-corrected chi connectivity index (χ0v) is 10.7. The van der Waals surface area contributed by atoms with Gasteiger partial charge < -0.3 is 14.7 Å². The summed E-state index contributed by atoms with van der Waals surface area (Å²) in [5.41, 5.74) is -1.02. The molecule has 0 saturated carbocycles. The van der Waals surface area contributed by atoms with Crippen molar-refractivity contribution in [2.45, 2.75) is 51.7 Å². The lowest BCUT2D eigenvalue weighted by Crippen LogP contribution is -2.53. The molecule has 1 saturated heterocycles. The van der Waals surface area contributed by atoms with Crippen molar-refractivity contribution in [2.24, 2.45) is 0 Å². The number of carboxylic acids is 1. The SMILES string of the molecule is CCC1(C(=O)O)CCCN1C(=O)COC(C)C. The van der Waals surface area contributed by atoms with Crippen molar-refractivity contribution in [1.29, 1.82) is 0 Å². The topological polar surface area (TPSA) is 66.8 Å². The van der Waals surface area contributed by atoms with Crippen LogP contribution in [0, 0.1) is 0 Å². The second-order valence-corrected chi connectivity index (χ2v) is 4.70. The predicted molar refractivity (Wildman–Crippen MR) is 62.7 cm³/mol. The number of ether oxygens (including phenoxy) is 1. The molecule has 0 aliphatic carbocycles. The lowest BCUT2D eigenvalue weighted by molar-refractivity contribution is -0.159. The number of nitrogens with zero attached hydrogens (tertiary/aromatic N) is 1. The molecule has 1 N–H and O–H groups in total. The van der Waals surface area contributed by atoms with E-state index in [4.69, 9.17) is 4.74 Å². The lowest BCUT2D eigenvalue weighted by atomic mass is 9.93. The minimum Gasteiger partial charge on any atom is -0.479 e. The molecule has 1 rings (SSSR count). The number of rotatable bonds is 5. The van der Waals surface area contributed by atoms with Crippen molar-refractivity contribution in [3.05, 3.63) is 0 Å². The minimum absolute atomic E-state index is 0.0255. The van der Waals surface area contributed by atoms with Crippen LogP contribution in [0.3, 0.4) is 0 Å². The number of aliphatic carboxylic acids is 1. The average Bonchev–Trinajstić information content (AvgIpc) is 2.70. The molecule has 1 aliphatic rings. The molecule has 0 spiro atoms. The van der Waals surface area contributed by atoms with Gasteiger partial charge in [-0.15, -0.1) is 0 Å². The zero-order chi connectivity index (χ0) is 13.1. The van der Waals surface area contributed by atoms with Gasteiger partial charge in [0, 0.05) is 6.54 Å². The van der Waals surface area contributed by atoms with Gasteiger partial charge in [0.15, 0.2) is 0 Å². The highest BCUT2D eigenvalue weighted by Crippen LogP contribution is 2.32. The molecule has 1 amide bonds. The molecule has 0 aromatic carbocycles. The van der Waals surface area contributed by atoms with Gasteiger partial charge >= 0.3 is 5.97 Å². The molecule has 0 bridgehead atoms. The van der Waals surface area contributed by atoms with E-state index in [1.54, 1.807) is 0 Å². The van der Waals surface area contributed by atoms with Gasteiger partial charge in [-0.3, -0.25) is 4.79 Å². The maximum absolute atomic E-state index is 12.0. The third-order valence-corrected chi connectivity index (χ3v) is 3.31. The summed E-state index contributed by atoms with van der Waals surface area (Å²) in [6, 6.07) is 0. The van der Waals surface area contributed by atoms with Crippen LogP contribution < -0.4 is 0 Å². The number of carboxylic acid groups (broad SMARTS) is 1. The lowest BCUT2D eigenvalue weighted by Gasteiger charge is -2.34. The van der Waals surface area contributed by atoms with Gasteiger partial charge in [-0.05, 0) is 33.1 Å². The fraction of sp³-hybridized carbons (Fsp3) is 0.833. The monoisotopic (exact) mass is 243 g/mol. The van der Waals surface area contributed by atoms with E-state index in [2.05, 4.69) is 0 Å².